The summed E-state index contributed by atoms with van der Waals surface area (Å²) < 4.78 is 19.1. The zero-order valence-electron chi connectivity index (χ0n) is 38.3. The number of methoxy groups -OCH3 is 3. The quantitative estimate of drug-likeness (QED) is 0.0525. The van der Waals surface area contributed by atoms with Gasteiger partial charge in [-0.25, -0.2) is 9.36 Å². The SMILES string of the molecule is COC(=O)C(C)(C)CC(c1ccccc1)c1cnn(CN(Cc2cn(C(CC(C)(C)C(=O)OC)c3ccccc3)nn2)Cc2cn(C(CC(C)(C)C(=O)OC)c3ccccc3)nn2)n1. The summed E-state index contributed by atoms with van der Waals surface area (Å²) in [5.74, 6) is -1.18. The Labute approximate surface area is 374 Å². The van der Waals surface area contributed by atoms with E-state index in [1.807, 2.05) is 145 Å². The van der Waals surface area contributed by atoms with E-state index in [0.29, 0.717) is 49.4 Å². The number of carbonyl (C=O) groups is 3. The molecule has 3 aromatic heterocycles. The first kappa shape index (κ1) is 46.9. The molecular formula is C48H60N10O6. The van der Waals surface area contributed by atoms with Gasteiger partial charge in [-0.2, -0.15) is 15.0 Å². The van der Waals surface area contributed by atoms with E-state index in [1.54, 1.807) is 20.4 Å². The van der Waals surface area contributed by atoms with Gasteiger partial charge in [0, 0.05) is 19.0 Å². The third kappa shape index (κ3) is 11.5. The first-order valence-electron chi connectivity index (χ1n) is 21.4. The number of esters is 3. The second-order valence-electron chi connectivity index (χ2n) is 18.2. The number of aromatic nitrogens is 9. The Bertz CT molecular complexity index is 2180. The third-order valence-electron chi connectivity index (χ3n) is 11.7. The van der Waals surface area contributed by atoms with E-state index in [4.69, 9.17) is 24.4 Å². The Morgan fingerprint density at radius 2 is 0.969 bits per heavy atom. The first-order chi connectivity index (χ1) is 30.5. The molecule has 0 fully saturated rings. The molecule has 3 aromatic carbocycles. The zero-order chi connectivity index (χ0) is 46.1. The highest BCUT2D eigenvalue weighted by Crippen LogP contribution is 2.38. The molecule has 0 amide bonds. The molecule has 16 heteroatoms. The smallest absolute Gasteiger partial charge is 0.311 e. The highest BCUT2D eigenvalue weighted by Gasteiger charge is 2.37. The molecule has 0 bridgehead atoms. The molecule has 0 spiro atoms. The topological polar surface area (TPSA) is 174 Å². The molecule has 3 heterocycles. The minimum absolute atomic E-state index is 0.233. The Hall–Kier alpha value is -6.55. The molecule has 6 rings (SSSR count). The molecular weight excluding hydrogens is 813 g/mol. The molecule has 3 unspecified atom stereocenters. The van der Waals surface area contributed by atoms with Crippen molar-refractivity contribution in [3.05, 3.63) is 143 Å². The Kier molecular flexibility index (Phi) is 14.9. The van der Waals surface area contributed by atoms with Crippen molar-refractivity contribution in [2.24, 2.45) is 16.2 Å². The van der Waals surface area contributed by atoms with Crippen molar-refractivity contribution in [3.63, 3.8) is 0 Å². The summed E-state index contributed by atoms with van der Waals surface area (Å²) in [7, 11) is 4.20. The van der Waals surface area contributed by atoms with Gasteiger partial charge in [-0.15, -0.1) is 10.2 Å². The van der Waals surface area contributed by atoms with Crippen LogP contribution < -0.4 is 0 Å². The van der Waals surface area contributed by atoms with E-state index in [-0.39, 0.29) is 42.6 Å². The lowest BCUT2D eigenvalue weighted by atomic mass is 9.78. The van der Waals surface area contributed by atoms with Gasteiger partial charge in [-0.3, -0.25) is 19.3 Å². The number of ether oxygens (including phenoxy) is 3. The summed E-state index contributed by atoms with van der Waals surface area (Å²) in [6.45, 7) is 12.1. The normalized spacial score (nSPS) is 13.6. The number of nitrogens with zero attached hydrogens (tertiary/aromatic N) is 10. The van der Waals surface area contributed by atoms with Crippen molar-refractivity contribution in [1.82, 2.24) is 49.9 Å². The van der Waals surface area contributed by atoms with E-state index in [0.717, 1.165) is 16.7 Å². The molecule has 0 aliphatic carbocycles. The van der Waals surface area contributed by atoms with E-state index >= 15 is 0 Å². The van der Waals surface area contributed by atoms with E-state index in [9.17, 15) is 14.4 Å². The van der Waals surface area contributed by atoms with Crippen molar-refractivity contribution in [1.29, 1.82) is 0 Å². The van der Waals surface area contributed by atoms with Crippen LogP contribution in [0.15, 0.2) is 110 Å². The molecule has 0 aliphatic heterocycles. The summed E-state index contributed by atoms with van der Waals surface area (Å²) >= 11 is 0. The first-order valence-corrected chi connectivity index (χ1v) is 21.4. The molecule has 16 nitrogen and oxygen atoms in total. The van der Waals surface area contributed by atoms with Crippen LogP contribution in [0.25, 0.3) is 0 Å². The highest BCUT2D eigenvalue weighted by atomic mass is 16.5. The van der Waals surface area contributed by atoms with Gasteiger partial charge >= 0.3 is 17.9 Å². The lowest BCUT2D eigenvalue weighted by Gasteiger charge is -2.27. The standard InChI is InChI=1S/C48H60N10O6/c1-46(2,43(59)62-7)25-39(34-19-13-10-14-20-34)40-28-49-58(52-40)33-55(29-37-31-56(53-50-37)41(35-21-15-11-16-22-35)26-47(3,4)44(60)63-8)30-38-32-57(54-51-38)42(36-23-17-12-18-24-36)27-48(5,6)45(61)64-9/h10-24,28,31-32,39,41-42H,25-27,29-30,33H2,1-9H3. The van der Waals surface area contributed by atoms with Crippen molar-refractivity contribution in [2.45, 2.75) is 98.6 Å². The predicted octanol–water partition coefficient (Wildman–Crippen LogP) is 7.20. The van der Waals surface area contributed by atoms with Crippen LogP contribution in [0.5, 0.6) is 0 Å². The van der Waals surface area contributed by atoms with Crippen LogP contribution in [0.3, 0.4) is 0 Å². The van der Waals surface area contributed by atoms with Gasteiger partial charge in [0.15, 0.2) is 0 Å². The van der Waals surface area contributed by atoms with E-state index < -0.39 is 16.2 Å². The maximum atomic E-state index is 12.9. The molecule has 3 atom stereocenters. The zero-order valence-corrected chi connectivity index (χ0v) is 38.3. The largest absolute Gasteiger partial charge is 0.469 e. The van der Waals surface area contributed by atoms with Crippen LogP contribution in [0.2, 0.25) is 0 Å². The minimum atomic E-state index is -0.809. The van der Waals surface area contributed by atoms with Crippen molar-refractivity contribution < 1.29 is 28.6 Å². The molecule has 0 aliphatic rings. The van der Waals surface area contributed by atoms with Crippen LogP contribution in [-0.4, -0.2) is 89.1 Å². The van der Waals surface area contributed by atoms with Gasteiger partial charge < -0.3 is 14.2 Å². The molecule has 64 heavy (non-hydrogen) atoms. The van der Waals surface area contributed by atoms with Crippen LogP contribution in [0.4, 0.5) is 0 Å². The number of rotatable bonds is 21. The average Bonchev–Trinajstić information content (AvgIpc) is 4.09. The fourth-order valence-corrected chi connectivity index (χ4v) is 8.12. The third-order valence-corrected chi connectivity index (χ3v) is 11.7. The van der Waals surface area contributed by atoms with Gasteiger partial charge in [0.2, 0.25) is 0 Å². The van der Waals surface area contributed by atoms with Crippen LogP contribution in [-0.2, 0) is 48.4 Å². The number of hydrogen-bond acceptors (Lipinski definition) is 13. The van der Waals surface area contributed by atoms with Gasteiger partial charge in [0.05, 0.1) is 85.3 Å². The second kappa shape index (κ2) is 20.3. The summed E-state index contributed by atoms with van der Waals surface area (Å²) in [4.78, 5) is 42.3. The lowest BCUT2D eigenvalue weighted by Crippen LogP contribution is -2.30. The van der Waals surface area contributed by atoms with Crippen LogP contribution in [0, 0.1) is 16.2 Å². The molecule has 338 valence electrons. The fraction of sp³-hybridized carbons (Fsp3) is 0.438. The van der Waals surface area contributed by atoms with Gasteiger partial charge in [0.25, 0.3) is 0 Å². The number of carbonyl (C=O) groups excluding carboxylic acids is 3. The van der Waals surface area contributed by atoms with Crippen molar-refractivity contribution in [3.8, 4) is 0 Å². The predicted molar refractivity (Wildman–Crippen MR) is 238 cm³/mol. The molecule has 0 N–H and O–H groups in total. The van der Waals surface area contributed by atoms with Gasteiger partial charge in [0.1, 0.15) is 6.67 Å². The van der Waals surface area contributed by atoms with E-state index in [2.05, 4.69) is 25.5 Å². The van der Waals surface area contributed by atoms with Crippen molar-refractivity contribution in [2.75, 3.05) is 21.3 Å². The minimum Gasteiger partial charge on any atom is -0.469 e. The lowest BCUT2D eigenvalue weighted by molar-refractivity contribution is -0.152. The maximum Gasteiger partial charge on any atom is 0.311 e. The maximum absolute atomic E-state index is 12.9. The molecule has 0 radical (unpaired) electrons. The fourth-order valence-electron chi connectivity index (χ4n) is 8.12. The summed E-state index contributed by atoms with van der Waals surface area (Å²) in [6.07, 6.45) is 6.84. The Morgan fingerprint density at radius 1 is 0.578 bits per heavy atom. The summed E-state index contributed by atoms with van der Waals surface area (Å²) in [5, 5.41) is 28.2. The van der Waals surface area contributed by atoms with E-state index in [1.165, 1.54) is 21.3 Å². The molecule has 0 saturated carbocycles. The second-order valence-corrected chi connectivity index (χ2v) is 18.2. The Morgan fingerprint density at radius 3 is 1.38 bits per heavy atom. The van der Waals surface area contributed by atoms with Gasteiger partial charge in [-0.1, -0.05) is 101 Å². The van der Waals surface area contributed by atoms with Crippen molar-refractivity contribution >= 4 is 17.9 Å². The number of hydrogen-bond donors (Lipinski definition) is 0. The van der Waals surface area contributed by atoms with Crippen LogP contribution in [0.1, 0.15) is 113 Å². The summed E-state index contributed by atoms with van der Waals surface area (Å²) in [5.41, 5.74) is 2.58. The monoisotopic (exact) mass is 872 g/mol. The highest BCUT2D eigenvalue weighted by molar-refractivity contribution is 5.76. The molecule has 0 saturated heterocycles. The van der Waals surface area contributed by atoms with Crippen LogP contribution >= 0.6 is 0 Å². The number of benzene rings is 3. The summed E-state index contributed by atoms with van der Waals surface area (Å²) in [6, 6.07) is 29.1. The van der Waals surface area contributed by atoms with Gasteiger partial charge in [-0.05, 0) is 77.5 Å². The Balaban J connectivity index is 1.34. The molecule has 6 aromatic rings. The average molecular weight is 873 g/mol.